The summed E-state index contributed by atoms with van der Waals surface area (Å²) in [6, 6.07) is 9.56. The van der Waals surface area contributed by atoms with Gasteiger partial charge in [-0.25, -0.2) is 0 Å². The normalized spacial score (nSPS) is 12.7. The number of hydrogen-bond donors (Lipinski definition) is 4. The summed E-state index contributed by atoms with van der Waals surface area (Å²) < 4.78 is 0. The number of benzene rings is 1. The predicted molar refractivity (Wildman–Crippen MR) is 124 cm³/mol. The fraction of sp³-hybridized carbons (Fsp3) is 0.609. The van der Waals surface area contributed by atoms with Crippen LogP contribution in [0.4, 0.5) is 0 Å². The maximum Gasteiger partial charge on any atom is 0.222 e. The van der Waals surface area contributed by atoms with Gasteiger partial charge in [0.2, 0.25) is 11.8 Å². The second-order valence-electron chi connectivity index (χ2n) is 7.65. The molecule has 8 heteroatoms. The summed E-state index contributed by atoms with van der Waals surface area (Å²) in [5, 5.41) is 25.7. The second-order valence-corrected chi connectivity index (χ2v) is 8.81. The molecule has 0 aliphatic heterocycles. The molecular weight excluding hydrogens is 416 g/mol. The van der Waals surface area contributed by atoms with Gasteiger partial charge in [0.05, 0.1) is 18.6 Å². The molecule has 4 N–H and O–H groups in total. The highest BCUT2D eigenvalue weighted by Gasteiger charge is 2.16. The van der Waals surface area contributed by atoms with Crippen molar-refractivity contribution < 1.29 is 24.6 Å². The van der Waals surface area contributed by atoms with E-state index in [0.29, 0.717) is 31.7 Å². The maximum atomic E-state index is 11.9. The number of amides is 2. The molecule has 0 aliphatic carbocycles. The van der Waals surface area contributed by atoms with E-state index in [9.17, 15) is 24.6 Å². The average molecular weight is 453 g/mol. The average Bonchev–Trinajstić information content (AvgIpc) is 2.70. The molecule has 0 unspecified atom stereocenters. The van der Waals surface area contributed by atoms with E-state index in [1.165, 1.54) is 18.7 Å². The van der Waals surface area contributed by atoms with Gasteiger partial charge in [-0.15, -0.1) is 0 Å². The van der Waals surface area contributed by atoms with E-state index in [-0.39, 0.29) is 29.8 Å². The Hall–Kier alpha value is -1.90. The van der Waals surface area contributed by atoms with Crippen LogP contribution in [0.2, 0.25) is 0 Å². The summed E-state index contributed by atoms with van der Waals surface area (Å²) in [5.74, 6) is 0.292. The predicted octanol–water partition coefficient (Wildman–Crippen LogP) is 2.19. The molecule has 31 heavy (non-hydrogen) atoms. The monoisotopic (exact) mass is 452 g/mol. The van der Waals surface area contributed by atoms with Crippen LogP contribution in [0.5, 0.6) is 0 Å². The van der Waals surface area contributed by atoms with Crippen LogP contribution >= 0.6 is 11.8 Å². The lowest BCUT2D eigenvalue weighted by atomic mass is 10.0. The topological polar surface area (TPSA) is 116 Å². The van der Waals surface area contributed by atoms with Gasteiger partial charge >= 0.3 is 0 Å². The zero-order valence-electron chi connectivity index (χ0n) is 18.3. The Balaban J connectivity index is 1.99. The van der Waals surface area contributed by atoms with Gasteiger partial charge < -0.3 is 20.8 Å². The van der Waals surface area contributed by atoms with E-state index < -0.39 is 12.2 Å². The van der Waals surface area contributed by atoms with Crippen molar-refractivity contribution in [2.24, 2.45) is 0 Å². The highest BCUT2D eigenvalue weighted by molar-refractivity contribution is 8.13. The summed E-state index contributed by atoms with van der Waals surface area (Å²) in [6.07, 6.45) is 3.05. The molecule has 1 aromatic carbocycles. The molecule has 0 radical (unpaired) electrons. The lowest BCUT2D eigenvalue weighted by molar-refractivity contribution is -0.123. The van der Waals surface area contributed by atoms with Crippen molar-refractivity contribution in [3.05, 3.63) is 35.9 Å². The summed E-state index contributed by atoms with van der Waals surface area (Å²) in [5.41, 5.74) is 0.997. The van der Waals surface area contributed by atoms with Crippen molar-refractivity contribution >= 4 is 28.7 Å². The molecule has 174 valence electrons. The van der Waals surface area contributed by atoms with Crippen LogP contribution in [-0.4, -0.2) is 58.2 Å². The van der Waals surface area contributed by atoms with Crippen molar-refractivity contribution in [1.82, 2.24) is 10.6 Å². The molecular formula is C23H36N2O5S. The van der Waals surface area contributed by atoms with Gasteiger partial charge in [-0.3, -0.25) is 14.4 Å². The highest BCUT2D eigenvalue weighted by Crippen LogP contribution is 2.11. The molecule has 2 amide bonds. The number of hydrogen-bond acceptors (Lipinski definition) is 6. The minimum atomic E-state index is -0.868. The number of aliphatic hydroxyl groups is 2. The lowest BCUT2D eigenvalue weighted by Crippen LogP contribution is -2.30. The Kier molecular flexibility index (Phi) is 14.7. The molecule has 2 atom stereocenters. The summed E-state index contributed by atoms with van der Waals surface area (Å²) in [6.45, 7) is 2.50. The third-order valence-corrected chi connectivity index (χ3v) is 5.58. The fourth-order valence-corrected chi connectivity index (χ4v) is 3.81. The number of carbonyl (C=O) groups excluding carboxylic acids is 3. The standard InChI is InChI=1S/C23H36N2O5S/c1-18(26)24-13-14-31-23(30)11-7-2-3-8-12-25-22(29)17-21(28)16-20(27)15-19-9-5-4-6-10-19/h4-6,9-10,20-21,27-28H,2-3,7-8,11-17H2,1H3,(H,24,26)(H,25,29)/t20-,21-/m1/s1. The van der Waals surface area contributed by atoms with E-state index in [0.717, 1.165) is 31.2 Å². The SMILES string of the molecule is CC(=O)NCCSC(=O)CCCCCCNC(=O)C[C@H](O)C[C@H](O)Cc1ccccc1. The molecule has 0 spiro atoms. The summed E-state index contributed by atoms with van der Waals surface area (Å²) in [4.78, 5) is 34.3. The number of unbranched alkanes of at least 4 members (excludes halogenated alkanes) is 3. The minimum Gasteiger partial charge on any atom is -0.393 e. The molecule has 0 fully saturated rings. The first-order chi connectivity index (χ1) is 14.9. The van der Waals surface area contributed by atoms with Crippen molar-refractivity contribution in [2.75, 3.05) is 18.8 Å². The first-order valence-electron chi connectivity index (χ1n) is 10.9. The van der Waals surface area contributed by atoms with Gasteiger partial charge in [0, 0.05) is 38.6 Å². The van der Waals surface area contributed by atoms with Crippen LogP contribution in [0.25, 0.3) is 0 Å². The smallest absolute Gasteiger partial charge is 0.222 e. The quantitative estimate of drug-likeness (QED) is 0.286. The first kappa shape index (κ1) is 27.1. The van der Waals surface area contributed by atoms with Crippen molar-refractivity contribution in [3.8, 4) is 0 Å². The van der Waals surface area contributed by atoms with E-state index in [1.54, 1.807) is 0 Å². The third kappa shape index (κ3) is 15.5. The Bertz CT molecular complexity index is 657. The molecule has 1 aromatic rings. The third-order valence-electron chi connectivity index (χ3n) is 4.65. The zero-order chi connectivity index (χ0) is 22.9. The van der Waals surface area contributed by atoms with Crippen LogP contribution < -0.4 is 10.6 Å². The Morgan fingerprint density at radius 1 is 0.935 bits per heavy atom. The Morgan fingerprint density at radius 3 is 2.35 bits per heavy atom. The van der Waals surface area contributed by atoms with Gasteiger partial charge in [0.15, 0.2) is 5.12 Å². The second kappa shape index (κ2) is 16.8. The number of thioether (sulfide) groups is 1. The number of aliphatic hydroxyl groups excluding tert-OH is 2. The van der Waals surface area contributed by atoms with Gasteiger partial charge in [0.25, 0.3) is 0 Å². The van der Waals surface area contributed by atoms with E-state index in [1.807, 2.05) is 30.3 Å². The van der Waals surface area contributed by atoms with Crippen molar-refractivity contribution in [3.63, 3.8) is 0 Å². The molecule has 0 saturated heterocycles. The van der Waals surface area contributed by atoms with Crippen LogP contribution in [-0.2, 0) is 20.8 Å². The van der Waals surface area contributed by atoms with Gasteiger partial charge in [-0.1, -0.05) is 54.9 Å². The Labute approximate surface area is 189 Å². The molecule has 0 bridgehead atoms. The molecule has 1 rings (SSSR count). The summed E-state index contributed by atoms with van der Waals surface area (Å²) in [7, 11) is 0. The Morgan fingerprint density at radius 2 is 1.65 bits per heavy atom. The van der Waals surface area contributed by atoms with Crippen LogP contribution in [0.3, 0.4) is 0 Å². The van der Waals surface area contributed by atoms with Gasteiger partial charge in [-0.2, -0.15) is 0 Å². The fourth-order valence-electron chi connectivity index (χ4n) is 3.09. The highest BCUT2D eigenvalue weighted by atomic mass is 32.2. The maximum absolute atomic E-state index is 11.9. The number of carbonyl (C=O) groups is 3. The van der Waals surface area contributed by atoms with E-state index in [2.05, 4.69) is 10.6 Å². The van der Waals surface area contributed by atoms with Crippen LogP contribution in [0, 0.1) is 0 Å². The van der Waals surface area contributed by atoms with Gasteiger partial charge in [-0.05, 0) is 24.8 Å². The van der Waals surface area contributed by atoms with E-state index >= 15 is 0 Å². The van der Waals surface area contributed by atoms with E-state index in [4.69, 9.17) is 0 Å². The van der Waals surface area contributed by atoms with Crippen LogP contribution in [0.15, 0.2) is 30.3 Å². The zero-order valence-corrected chi connectivity index (χ0v) is 19.2. The first-order valence-corrected chi connectivity index (χ1v) is 11.9. The summed E-state index contributed by atoms with van der Waals surface area (Å²) >= 11 is 1.25. The molecule has 0 aliphatic rings. The van der Waals surface area contributed by atoms with Crippen LogP contribution in [0.1, 0.15) is 57.4 Å². The van der Waals surface area contributed by atoms with Crippen molar-refractivity contribution in [2.45, 2.75) is 70.5 Å². The number of nitrogens with one attached hydrogen (secondary N) is 2. The minimum absolute atomic E-state index is 0.0178. The molecule has 0 saturated carbocycles. The van der Waals surface area contributed by atoms with Gasteiger partial charge in [0.1, 0.15) is 0 Å². The largest absolute Gasteiger partial charge is 0.393 e. The molecule has 0 aromatic heterocycles. The molecule has 0 heterocycles. The number of rotatable bonds is 16. The molecule has 7 nitrogen and oxygen atoms in total. The van der Waals surface area contributed by atoms with Crippen molar-refractivity contribution in [1.29, 1.82) is 0 Å². The lowest BCUT2D eigenvalue weighted by Gasteiger charge is -2.15.